The Morgan fingerprint density at radius 2 is 1.74 bits per heavy atom. The summed E-state index contributed by atoms with van der Waals surface area (Å²) in [5.74, 6) is -0.316. The van der Waals surface area contributed by atoms with E-state index in [0.29, 0.717) is 5.56 Å². The van der Waals surface area contributed by atoms with Gasteiger partial charge in [-0.2, -0.15) is 0 Å². The molecule has 6 nitrogen and oxygen atoms in total. The van der Waals surface area contributed by atoms with Crippen LogP contribution in [0.3, 0.4) is 0 Å². The van der Waals surface area contributed by atoms with Gasteiger partial charge in [-0.15, -0.1) is 0 Å². The first-order valence-electron chi connectivity index (χ1n) is 12.1. The molecule has 0 aliphatic carbocycles. The van der Waals surface area contributed by atoms with Crippen LogP contribution in [-0.4, -0.2) is 31.6 Å². The molecule has 0 unspecified atom stereocenters. The lowest BCUT2D eigenvalue weighted by atomic mass is 9.88. The SMILES string of the molecule is CCCNc1cccc(-c2ccc3c(c2)[C@H](Nc2ccc(C(=O)OC)cc2)C[C@H](C)N3C(C)=O)c1. The van der Waals surface area contributed by atoms with E-state index in [-0.39, 0.29) is 24.0 Å². The third-order valence-corrected chi connectivity index (χ3v) is 6.44. The van der Waals surface area contributed by atoms with Gasteiger partial charge in [0.05, 0.1) is 18.7 Å². The maximum Gasteiger partial charge on any atom is 0.337 e. The lowest BCUT2D eigenvalue weighted by molar-refractivity contribution is -0.117. The summed E-state index contributed by atoms with van der Waals surface area (Å²) in [4.78, 5) is 26.2. The smallest absolute Gasteiger partial charge is 0.337 e. The van der Waals surface area contributed by atoms with Crippen LogP contribution in [0.15, 0.2) is 66.7 Å². The Bertz CT molecular complexity index is 1210. The van der Waals surface area contributed by atoms with Gasteiger partial charge in [-0.1, -0.05) is 25.1 Å². The van der Waals surface area contributed by atoms with Crippen molar-refractivity contribution in [2.24, 2.45) is 0 Å². The topological polar surface area (TPSA) is 70.7 Å². The van der Waals surface area contributed by atoms with E-state index in [0.717, 1.165) is 53.1 Å². The molecule has 0 aromatic heterocycles. The largest absolute Gasteiger partial charge is 0.465 e. The highest BCUT2D eigenvalue weighted by Crippen LogP contribution is 2.41. The van der Waals surface area contributed by atoms with Gasteiger partial charge in [-0.25, -0.2) is 4.79 Å². The number of ether oxygens (including phenoxy) is 1. The van der Waals surface area contributed by atoms with Gasteiger partial charge < -0.3 is 20.3 Å². The standard InChI is InChI=1S/C29H33N3O3/c1-5-15-30-25-8-6-7-22(17-25)23-11-14-28-26(18-23)27(16-19(2)32(28)20(3)33)31-24-12-9-21(10-13-24)29(34)35-4/h6-14,17-19,27,30-31H,5,15-16H2,1-4H3/t19-,27+/m0/s1. The number of hydrogen-bond acceptors (Lipinski definition) is 5. The molecule has 0 saturated heterocycles. The van der Waals surface area contributed by atoms with Crippen LogP contribution in [0.25, 0.3) is 11.1 Å². The molecule has 4 rings (SSSR count). The van der Waals surface area contributed by atoms with E-state index in [1.165, 1.54) is 7.11 Å². The lowest BCUT2D eigenvalue weighted by Gasteiger charge is -2.39. The molecule has 0 saturated carbocycles. The van der Waals surface area contributed by atoms with Crippen molar-refractivity contribution >= 4 is 28.9 Å². The van der Waals surface area contributed by atoms with Crippen molar-refractivity contribution in [1.82, 2.24) is 0 Å². The number of nitrogens with zero attached hydrogens (tertiary/aromatic N) is 1. The number of fused-ring (bicyclic) bond motifs is 1. The number of hydrogen-bond donors (Lipinski definition) is 2. The Morgan fingerprint density at radius 3 is 2.43 bits per heavy atom. The maximum absolute atomic E-state index is 12.5. The lowest BCUT2D eigenvalue weighted by Crippen LogP contribution is -2.43. The van der Waals surface area contributed by atoms with Gasteiger partial charge in [0.2, 0.25) is 5.91 Å². The molecule has 0 radical (unpaired) electrons. The molecule has 6 heteroatoms. The zero-order chi connectivity index (χ0) is 24.9. The van der Waals surface area contributed by atoms with Crippen LogP contribution in [0.2, 0.25) is 0 Å². The Hall–Kier alpha value is -3.80. The van der Waals surface area contributed by atoms with Gasteiger partial charge in [0, 0.05) is 36.6 Å². The Labute approximate surface area is 207 Å². The van der Waals surface area contributed by atoms with Crippen molar-refractivity contribution < 1.29 is 14.3 Å². The first kappa shape index (κ1) is 24.3. The second-order valence-corrected chi connectivity index (χ2v) is 9.02. The van der Waals surface area contributed by atoms with Crippen LogP contribution in [0.5, 0.6) is 0 Å². The van der Waals surface area contributed by atoms with Gasteiger partial charge in [-0.3, -0.25) is 4.79 Å². The zero-order valence-corrected chi connectivity index (χ0v) is 20.8. The van der Waals surface area contributed by atoms with Crippen molar-refractivity contribution in [3.05, 3.63) is 77.9 Å². The molecular formula is C29H33N3O3. The first-order valence-corrected chi connectivity index (χ1v) is 12.1. The molecular weight excluding hydrogens is 438 g/mol. The molecule has 3 aromatic carbocycles. The minimum absolute atomic E-state index is 0.0147. The van der Waals surface area contributed by atoms with Crippen LogP contribution in [0.1, 0.15) is 55.6 Å². The number of esters is 1. The summed E-state index contributed by atoms with van der Waals surface area (Å²) in [5, 5.41) is 7.08. The van der Waals surface area contributed by atoms with Crippen LogP contribution in [-0.2, 0) is 9.53 Å². The number of anilines is 3. The van der Waals surface area contributed by atoms with Crippen molar-refractivity contribution in [3.63, 3.8) is 0 Å². The second-order valence-electron chi connectivity index (χ2n) is 9.02. The summed E-state index contributed by atoms with van der Waals surface area (Å²) >= 11 is 0. The molecule has 35 heavy (non-hydrogen) atoms. The average Bonchev–Trinajstić information content (AvgIpc) is 2.87. The van der Waals surface area contributed by atoms with Gasteiger partial charge in [-0.05, 0) is 85.0 Å². The Morgan fingerprint density at radius 1 is 1.00 bits per heavy atom. The van der Waals surface area contributed by atoms with E-state index >= 15 is 0 Å². The zero-order valence-electron chi connectivity index (χ0n) is 20.8. The monoisotopic (exact) mass is 471 g/mol. The summed E-state index contributed by atoms with van der Waals surface area (Å²) in [5.41, 5.74) is 6.77. The molecule has 0 fully saturated rings. The minimum Gasteiger partial charge on any atom is -0.465 e. The summed E-state index contributed by atoms with van der Waals surface area (Å²) in [7, 11) is 1.38. The summed E-state index contributed by atoms with van der Waals surface area (Å²) in [6, 6.07) is 22.1. The highest BCUT2D eigenvalue weighted by atomic mass is 16.5. The second kappa shape index (κ2) is 10.6. The van der Waals surface area contributed by atoms with E-state index in [1.54, 1.807) is 19.1 Å². The number of nitrogens with one attached hydrogen (secondary N) is 2. The van der Waals surface area contributed by atoms with E-state index in [9.17, 15) is 9.59 Å². The number of carbonyl (C=O) groups is 2. The normalized spacial score (nSPS) is 16.9. The third kappa shape index (κ3) is 5.32. The van der Waals surface area contributed by atoms with Gasteiger partial charge in [0.1, 0.15) is 0 Å². The van der Waals surface area contributed by atoms with Crippen molar-refractivity contribution in [2.45, 2.75) is 45.7 Å². The molecule has 0 spiro atoms. The molecule has 1 heterocycles. The summed E-state index contributed by atoms with van der Waals surface area (Å²) in [6.45, 7) is 6.78. The van der Waals surface area contributed by atoms with E-state index in [1.807, 2.05) is 17.0 Å². The molecule has 3 aromatic rings. The van der Waals surface area contributed by atoms with Gasteiger partial charge in [0.25, 0.3) is 0 Å². The molecule has 1 aliphatic rings. The Balaban J connectivity index is 1.69. The predicted molar refractivity (Wildman–Crippen MR) is 142 cm³/mol. The van der Waals surface area contributed by atoms with Crippen molar-refractivity contribution in [3.8, 4) is 11.1 Å². The fraction of sp³-hybridized carbons (Fsp3) is 0.310. The number of carbonyl (C=O) groups excluding carboxylic acids is 2. The molecule has 2 atom stereocenters. The molecule has 1 amide bonds. The number of amides is 1. The highest BCUT2D eigenvalue weighted by molar-refractivity contribution is 5.94. The molecule has 182 valence electrons. The van der Waals surface area contributed by atoms with Crippen LogP contribution in [0, 0.1) is 0 Å². The fourth-order valence-corrected chi connectivity index (χ4v) is 4.76. The average molecular weight is 472 g/mol. The van der Waals surface area contributed by atoms with E-state index in [4.69, 9.17) is 4.74 Å². The molecule has 0 bridgehead atoms. The van der Waals surface area contributed by atoms with Crippen LogP contribution < -0.4 is 15.5 Å². The predicted octanol–water partition coefficient (Wildman–Crippen LogP) is 6.26. The summed E-state index contributed by atoms with van der Waals surface area (Å²) in [6.07, 6.45) is 1.84. The quantitative estimate of drug-likeness (QED) is 0.398. The van der Waals surface area contributed by atoms with E-state index in [2.05, 4.69) is 66.9 Å². The molecule has 1 aliphatic heterocycles. The third-order valence-electron chi connectivity index (χ3n) is 6.44. The van der Waals surface area contributed by atoms with E-state index < -0.39 is 0 Å². The molecule has 2 N–H and O–H groups in total. The maximum atomic E-state index is 12.5. The van der Waals surface area contributed by atoms with Gasteiger partial charge in [0.15, 0.2) is 0 Å². The van der Waals surface area contributed by atoms with Crippen LogP contribution in [0.4, 0.5) is 17.1 Å². The Kier molecular flexibility index (Phi) is 7.39. The van der Waals surface area contributed by atoms with Gasteiger partial charge >= 0.3 is 5.97 Å². The minimum atomic E-state index is -0.356. The first-order chi connectivity index (χ1) is 16.9. The number of methoxy groups -OCH3 is 1. The van der Waals surface area contributed by atoms with Crippen molar-refractivity contribution in [1.29, 1.82) is 0 Å². The highest BCUT2D eigenvalue weighted by Gasteiger charge is 2.32. The number of rotatable bonds is 7. The number of benzene rings is 3. The summed E-state index contributed by atoms with van der Waals surface area (Å²) < 4.78 is 4.80. The fourth-order valence-electron chi connectivity index (χ4n) is 4.76. The van der Waals surface area contributed by atoms with Crippen LogP contribution >= 0.6 is 0 Å². The van der Waals surface area contributed by atoms with Crippen molar-refractivity contribution in [2.75, 3.05) is 29.2 Å².